The van der Waals surface area contributed by atoms with Crippen LogP contribution in [0.1, 0.15) is 24.5 Å². The summed E-state index contributed by atoms with van der Waals surface area (Å²) in [5.74, 6) is 4.99. The lowest BCUT2D eigenvalue weighted by Gasteiger charge is -2.09. The van der Waals surface area contributed by atoms with Crippen molar-refractivity contribution in [2.75, 3.05) is 5.75 Å². The van der Waals surface area contributed by atoms with E-state index in [4.69, 9.17) is 5.11 Å². The summed E-state index contributed by atoms with van der Waals surface area (Å²) in [5, 5.41) is 9.03. The maximum Gasteiger partial charge on any atom is 0.417 e. The average Bonchev–Trinajstić information content (AvgIpc) is 2.28. The third kappa shape index (κ3) is 5.26. The minimum atomic E-state index is -4.56. The molecule has 102 valence electrons. The molecule has 0 aromatic heterocycles. The number of aromatic hydroxyl groups is 1. The third-order valence-corrected chi connectivity index (χ3v) is 2.88. The largest absolute Gasteiger partial charge is 0.508 e. The molecule has 2 nitrogen and oxygen atoms in total. The number of thioether (sulfide) groups is 1. The lowest BCUT2D eigenvalue weighted by atomic mass is 10.1. The van der Waals surface area contributed by atoms with Gasteiger partial charge in [-0.05, 0) is 18.2 Å². The highest BCUT2D eigenvalue weighted by Gasteiger charge is 2.33. The van der Waals surface area contributed by atoms with Gasteiger partial charge in [-0.15, -0.1) is 0 Å². The first-order valence-electron chi connectivity index (χ1n) is 5.33. The molecule has 0 aliphatic heterocycles. The Morgan fingerprint density at radius 3 is 2.68 bits per heavy atom. The number of carbonyl (C=O) groups excluding carboxylic acids is 1. The Morgan fingerprint density at radius 2 is 2.11 bits per heavy atom. The summed E-state index contributed by atoms with van der Waals surface area (Å²) in [6.07, 6.45) is -4.24. The van der Waals surface area contributed by atoms with E-state index in [-0.39, 0.29) is 10.7 Å². The minimum absolute atomic E-state index is 0.0533. The molecule has 0 saturated carbocycles. The van der Waals surface area contributed by atoms with Crippen molar-refractivity contribution in [2.24, 2.45) is 0 Å². The van der Waals surface area contributed by atoms with Crippen LogP contribution >= 0.6 is 11.8 Å². The number of alkyl halides is 3. The van der Waals surface area contributed by atoms with Gasteiger partial charge in [-0.3, -0.25) is 4.79 Å². The lowest BCUT2D eigenvalue weighted by Crippen LogP contribution is -2.07. The molecule has 1 aromatic rings. The van der Waals surface area contributed by atoms with Crippen molar-refractivity contribution in [3.63, 3.8) is 0 Å². The Kier molecular flexibility index (Phi) is 5.31. The van der Waals surface area contributed by atoms with Gasteiger partial charge >= 0.3 is 6.18 Å². The predicted molar refractivity (Wildman–Crippen MR) is 67.7 cm³/mol. The molecule has 0 heterocycles. The number of carbonyl (C=O) groups is 1. The fourth-order valence-corrected chi connectivity index (χ4v) is 1.77. The molecule has 0 aliphatic rings. The fourth-order valence-electron chi connectivity index (χ4n) is 1.28. The highest BCUT2D eigenvalue weighted by Crippen LogP contribution is 2.33. The number of rotatable bonds is 2. The van der Waals surface area contributed by atoms with Crippen molar-refractivity contribution in [1.82, 2.24) is 0 Å². The zero-order valence-electron chi connectivity index (χ0n) is 10.0. The van der Waals surface area contributed by atoms with Crippen LogP contribution in [0.25, 0.3) is 0 Å². The zero-order valence-corrected chi connectivity index (χ0v) is 10.9. The Hall–Kier alpha value is -1.61. The topological polar surface area (TPSA) is 37.3 Å². The van der Waals surface area contributed by atoms with E-state index in [9.17, 15) is 18.0 Å². The number of halogens is 3. The van der Waals surface area contributed by atoms with Gasteiger partial charge in [0.25, 0.3) is 0 Å². The van der Waals surface area contributed by atoms with E-state index in [1.54, 1.807) is 0 Å². The van der Waals surface area contributed by atoms with Gasteiger partial charge in [0.05, 0.1) is 5.56 Å². The van der Waals surface area contributed by atoms with Crippen molar-refractivity contribution in [1.29, 1.82) is 0 Å². The predicted octanol–water partition coefficient (Wildman–Crippen LogP) is 3.43. The number of hydrogen-bond donors (Lipinski definition) is 1. The van der Waals surface area contributed by atoms with Crippen LogP contribution in [0.4, 0.5) is 13.2 Å². The maximum absolute atomic E-state index is 12.7. The van der Waals surface area contributed by atoms with Crippen LogP contribution in [-0.2, 0) is 11.0 Å². The van der Waals surface area contributed by atoms with Gasteiger partial charge in [0.1, 0.15) is 5.75 Å². The van der Waals surface area contributed by atoms with Crippen LogP contribution < -0.4 is 0 Å². The summed E-state index contributed by atoms with van der Waals surface area (Å²) in [4.78, 5) is 10.6. The highest BCUT2D eigenvalue weighted by molar-refractivity contribution is 8.13. The zero-order chi connectivity index (χ0) is 14.5. The maximum atomic E-state index is 12.7. The SMILES string of the molecule is CC(=O)SCCC#Cc1ccc(O)cc1C(F)(F)F. The minimum Gasteiger partial charge on any atom is -0.508 e. The second-order valence-electron chi connectivity index (χ2n) is 3.62. The van der Waals surface area contributed by atoms with Crippen molar-refractivity contribution in [2.45, 2.75) is 19.5 Å². The first-order chi connectivity index (χ1) is 8.80. The summed E-state index contributed by atoms with van der Waals surface area (Å²) < 4.78 is 38.0. The van der Waals surface area contributed by atoms with Gasteiger partial charge < -0.3 is 5.11 Å². The van der Waals surface area contributed by atoms with Crippen molar-refractivity contribution in [3.8, 4) is 17.6 Å². The van der Waals surface area contributed by atoms with Gasteiger partial charge in [-0.2, -0.15) is 13.2 Å². The Labute approximate surface area is 113 Å². The van der Waals surface area contributed by atoms with Gasteiger partial charge in [0.15, 0.2) is 5.12 Å². The lowest BCUT2D eigenvalue weighted by molar-refractivity contribution is -0.137. The molecule has 1 N–H and O–H groups in total. The molecular formula is C13H11F3O2S. The number of hydrogen-bond acceptors (Lipinski definition) is 3. The average molecular weight is 288 g/mol. The summed E-state index contributed by atoms with van der Waals surface area (Å²) in [7, 11) is 0. The monoisotopic (exact) mass is 288 g/mol. The fraction of sp³-hybridized carbons (Fsp3) is 0.308. The van der Waals surface area contributed by atoms with E-state index in [0.29, 0.717) is 18.2 Å². The van der Waals surface area contributed by atoms with Crippen molar-refractivity contribution in [3.05, 3.63) is 29.3 Å². The molecule has 0 fully saturated rings. The first-order valence-corrected chi connectivity index (χ1v) is 6.31. The molecule has 1 rings (SSSR count). The quantitative estimate of drug-likeness (QED) is 0.669. The standard InChI is InChI=1S/C13H11F3O2S/c1-9(17)19-7-3-2-4-10-5-6-11(18)8-12(10)13(14,15)16/h5-6,8,18H,3,7H2,1H3. The molecule has 1 aromatic carbocycles. The summed E-state index contributed by atoms with van der Waals surface area (Å²) >= 11 is 1.07. The number of phenols is 1. The van der Waals surface area contributed by atoms with E-state index in [0.717, 1.165) is 23.9 Å². The second kappa shape index (κ2) is 6.53. The molecule has 0 saturated heterocycles. The van der Waals surface area contributed by atoms with E-state index in [1.165, 1.54) is 6.92 Å². The van der Waals surface area contributed by atoms with Crippen molar-refractivity contribution >= 4 is 16.9 Å². The highest BCUT2D eigenvalue weighted by atomic mass is 32.2. The summed E-state index contributed by atoms with van der Waals surface area (Å²) in [6.45, 7) is 1.42. The van der Waals surface area contributed by atoms with Crippen LogP contribution in [0, 0.1) is 11.8 Å². The summed E-state index contributed by atoms with van der Waals surface area (Å²) in [6, 6.07) is 2.93. The summed E-state index contributed by atoms with van der Waals surface area (Å²) in [5.41, 5.74) is -1.14. The smallest absolute Gasteiger partial charge is 0.417 e. The normalized spacial score (nSPS) is 10.7. The molecule has 0 radical (unpaired) electrons. The molecular weight excluding hydrogens is 277 g/mol. The van der Waals surface area contributed by atoms with E-state index < -0.39 is 17.5 Å². The van der Waals surface area contributed by atoms with Gasteiger partial charge in [0.2, 0.25) is 0 Å². The molecule has 6 heteroatoms. The molecule has 0 bridgehead atoms. The van der Waals surface area contributed by atoms with E-state index in [1.807, 2.05) is 0 Å². The van der Waals surface area contributed by atoms with Gasteiger partial charge in [-0.1, -0.05) is 23.6 Å². The molecule has 0 atom stereocenters. The van der Waals surface area contributed by atoms with E-state index in [2.05, 4.69) is 11.8 Å². The Morgan fingerprint density at radius 1 is 1.42 bits per heavy atom. The third-order valence-electron chi connectivity index (χ3n) is 2.06. The molecule has 0 unspecified atom stereocenters. The first kappa shape index (κ1) is 15.4. The van der Waals surface area contributed by atoms with Crippen LogP contribution in [0.2, 0.25) is 0 Å². The van der Waals surface area contributed by atoms with Gasteiger partial charge in [0, 0.05) is 24.7 Å². The van der Waals surface area contributed by atoms with Crippen LogP contribution in [-0.4, -0.2) is 16.0 Å². The molecule has 0 amide bonds. The Balaban J connectivity index is 2.84. The molecule has 0 aliphatic carbocycles. The Bertz CT molecular complexity index is 527. The number of phenolic OH excluding ortho intramolecular Hbond substituents is 1. The van der Waals surface area contributed by atoms with Crippen LogP contribution in [0.3, 0.4) is 0 Å². The second-order valence-corrected chi connectivity index (χ2v) is 4.89. The van der Waals surface area contributed by atoms with Crippen molar-refractivity contribution < 1.29 is 23.1 Å². The molecule has 19 heavy (non-hydrogen) atoms. The van der Waals surface area contributed by atoms with E-state index >= 15 is 0 Å². The molecule has 0 spiro atoms. The van der Waals surface area contributed by atoms with Gasteiger partial charge in [-0.25, -0.2) is 0 Å². The van der Waals surface area contributed by atoms with Crippen LogP contribution in [0.15, 0.2) is 18.2 Å². The number of benzene rings is 1. The van der Waals surface area contributed by atoms with Crippen LogP contribution in [0.5, 0.6) is 5.75 Å².